The second-order valence-electron chi connectivity index (χ2n) is 2.43. The van der Waals surface area contributed by atoms with E-state index in [1.807, 2.05) is 0 Å². The van der Waals surface area contributed by atoms with Gasteiger partial charge in [-0.2, -0.15) is 0 Å². The Bertz CT molecular complexity index is 315. The van der Waals surface area contributed by atoms with Crippen LogP contribution in [0.1, 0.15) is 5.56 Å². The lowest BCUT2D eigenvalue weighted by molar-refractivity contribution is -0.385. The summed E-state index contributed by atoms with van der Waals surface area (Å²) < 4.78 is 0. The van der Waals surface area contributed by atoms with E-state index >= 15 is 0 Å². The van der Waals surface area contributed by atoms with Crippen LogP contribution in [0.25, 0.3) is 0 Å². The summed E-state index contributed by atoms with van der Waals surface area (Å²) in [6.07, 6.45) is 0. The van der Waals surface area contributed by atoms with E-state index in [2.05, 4.69) is 0 Å². The van der Waals surface area contributed by atoms with E-state index in [9.17, 15) is 10.1 Å². The van der Waals surface area contributed by atoms with Crippen LogP contribution in [-0.4, -0.2) is 4.92 Å². The summed E-state index contributed by atoms with van der Waals surface area (Å²) in [6, 6.07) is 2.89. The fourth-order valence-electron chi connectivity index (χ4n) is 0.994. The molecule has 64 valence electrons. The lowest BCUT2D eigenvalue weighted by Crippen LogP contribution is -1.95. The molecule has 0 atom stereocenters. The van der Waals surface area contributed by atoms with Crippen molar-refractivity contribution in [2.75, 3.05) is 5.73 Å². The summed E-state index contributed by atoms with van der Waals surface area (Å²) in [5.41, 5.74) is 6.25. The molecule has 12 heavy (non-hydrogen) atoms. The van der Waals surface area contributed by atoms with Crippen molar-refractivity contribution in [3.05, 3.63) is 32.8 Å². The third-order valence-corrected chi connectivity index (χ3v) is 1.75. The summed E-state index contributed by atoms with van der Waals surface area (Å²) in [5.74, 6) is 0. The minimum Gasteiger partial charge on any atom is -0.399 e. The molecular formula is C7H7ClN2O2. The molecule has 0 aromatic heterocycles. The summed E-state index contributed by atoms with van der Waals surface area (Å²) in [6.45, 7) is 1.60. The number of nitro benzene ring substituents is 1. The zero-order valence-corrected chi connectivity index (χ0v) is 7.13. The number of nitrogens with two attached hydrogens (primary N) is 1. The van der Waals surface area contributed by atoms with Gasteiger partial charge in [0, 0.05) is 11.3 Å². The number of hydrogen-bond acceptors (Lipinski definition) is 3. The van der Waals surface area contributed by atoms with E-state index in [-0.39, 0.29) is 10.7 Å². The van der Waals surface area contributed by atoms with Gasteiger partial charge in [-0.05, 0) is 19.1 Å². The Hall–Kier alpha value is -1.29. The second-order valence-corrected chi connectivity index (χ2v) is 2.83. The quantitative estimate of drug-likeness (QED) is 0.415. The molecule has 1 aromatic rings. The molecule has 0 aliphatic carbocycles. The Balaban J connectivity index is 3.38. The van der Waals surface area contributed by atoms with Gasteiger partial charge in [-0.1, -0.05) is 11.6 Å². The number of halogens is 1. The summed E-state index contributed by atoms with van der Waals surface area (Å²) >= 11 is 5.61. The predicted molar refractivity (Wildman–Crippen MR) is 47.3 cm³/mol. The number of nitrogens with zero attached hydrogens (tertiary/aromatic N) is 1. The fourth-order valence-corrected chi connectivity index (χ4v) is 1.34. The molecule has 0 fully saturated rings. The maximum absolute atomic E-state index is 10.4. The van der Waals surface area contributed by atoms with E-state index in [0.717, 1.165) is 0 Å². The average molecular weight is 187 g/mol. The highest BCUT2D eigenvalue weighted by atomic mass is 35.5. The summed E-state index contributed by atoms with van der Waals surface area (Å²) in [7, 11) is 0. The second kappa shape index (κ2) is 2.98. The van der Waals surface area contributed by atoms with Gasteiger partial charge in [0.2, 0.25) is 0 Å². The predicted octanol–water partition coefficient (Wildman–Crippen LogP) is 2.14. The molecule has 0 unspecified atom stereocenters. The summed E-state index contributed by atoms with van der Waals surface area (Å²) in [5, 5.41) is 10.5. The van der Waals surface area contributed by atoms with Gasteiger partial charge in [-0.3, -0.25) is 10.1 Å². The van der Waals surface area contributed by atoms with E-state index in [1.54, 1.807) is 6.92 Å². The first kappa shape index (κ1) is 8.80. The lowest BCUT2D eigenvalue weighted by atomic mass is 10.2. The Labute approximate surface area is 74.1 Å². The highest BCUT2D eigenvalue weighted by molar-refractivity contribution is 6.33. The van der Waals surface area contributed by atoms with E-state index in [0.29, 0.717) is 11.3 Å². The van der Waals surface area contributed by atoms with Crippen LogP contribution in [0.15, 0.2) is 12.1 Å². The Morgan fingerprint density at radius 1 is 1.58 bits per heavy atom. The first-order valence-corrected chi connectivity index (χ1v) is 3.60. The molecule has 0 heterocycles. The number of anilines is 1. The standard InChI is InChI=1S/C7H7ClN2O2/c1-4-2-5(9)3-6(8)7(4)10(11)12/h2-3H,9H2,1H3. The molecule has 0 saturated carbocycles. The van der Waals surface area contributed by atoms with Crippen molar-refractivity contribution in [3.63, 3.8) is 0 Å². The van der Waals surface area contributed by atoms with Crippen molar-refractivity contribution < 1.29 is 4.92 Å². The molecule has 0 spiro atoms. The van der Waals surface area contributed by atoms with Gasteiger partial charge < -0.3 is 5.73 Å². The largest absolute Gasteiger partial charge is 0.399 e. The van der Waals surface area contributed by atoms with Gasteiger partial charge in [0.05, 0.1) is 4.92 Å². The summed E-state index contributed by atoms with van der Waals surface area (Å²) in [4.78, 5) is 9.92. The highest BCUT2D eigenvalue weighted by Crippen LogP contribution is 2.29. The van der Waals surface area contributed by atoms with Crippen molar-refractivity contribution in [2.45, 2.75) is 6.92 Å². The number of aryl methyl sites for hydroxylation is 1. The lowest BCUT2D eigenvalue weighted by Gasteiger charge is -2.00. The highest BCUT2D eigenvalue weighted by Gasteiger charge is 2.15. The monoisotopic (exact) mass is 186 g/mol. The Morgan fingerprint density at radius 3 is 2.58 bits per heavy atom. The minimum absolute atomic E-state index is 0.0779. The molecular weight excluding hydrogens is 180 g/mol. The number of hydrogen-bond donors (Lipinski definition) is 1. The maximum atomic E-state index is 10.4. The van der Waals surface area contributed by atoms with Crippen molar-refractivity contribution in [2.24, 2.45) is 0 Å². The van der Waals surface area contributed by atoms with Crippen molar-refractivity contribution in [1.29, 1.82) is 0 Å². The van der Waals surface area contributed by atoms with Crippen LogP contribution in [0, 0.1) is 17.0 Å². The molecule has 1 rings (SSSR count). The zero-order chi connectivity index (χ0) is 9.30. The maximum Gasteiger partial charge on any atom is 0.290 e. The minimum atomic E-state index is -0.517. The number of rotatable bonds is 1. The molecule has 5 heteroatoms. The average Bonchev–Trinajstić information content (AvgIpc) is 1.82. The van der Waals surface area contributed by atoms with Crippen LogP contribution in [-0.2, 0) is 0 Å². The van der Waals surface area contributed by atoms with Crippen LogP contribution < -0.4 is 5.73 Å². The Morgan fingerprint density at radius 2 is 2.17 bits per heavy atom. The van der Waals surface area contributed by atoms with E-state index in [1.165, 1.54) is 12.1 Å². The molecule has 2 N–H and O–H groups in total. The van der Waals surface area contributed by atoms with Gasteiger partial charge >= 0.3 is 0 Å². The number of nitrogen functional groups attached to an aromatic ring is 1. The zero-order valence-electron chi connectivity index (χ0n) is 6.37. The van der Waals surface area contributed by atoms with Crippen LogP contribution in [0.3, 0.4) is 0 Å². The molecule has 1 aromatic carbocycles. The van der Waals surface area contributed by atoms with Crippen LogP contribution in [0.4, 0.5) is 11.4 Å². The van der Waals surface area contributed by atoms with Crippen LogP contribution in [0.2, 0.25) is 5.02 Å². The smallest absolute Gasteiger partial charge is 0.290 e. The first-order valence-electron chi connectivity index (χ1n) is 3.22. The molecule has 0 aliphatic heterocycles. The number of benzene rings is 1. The Kier molecular flexibility index (Phi) is 2.19. The molecule has 0 radical (unpaired) electrons. The third-order valence-electron chi connectivity index (χ3n) is 1.46. The molecule has 0 aliphatic rings. The van der Waals surface area contributed by atoms with Crippen molar-refractivity contribution in [3.8, 4) is 0 Å². The van der Waals surface area contributed by atoms with Gasteiger partial charge in [-0.15, -0.1) is 0 Å². The van der Waals surface area contributed by atoms with E-state index < -0.39 is 4.92 Å². The van der Waals surface area contributed by atoms with Crippen LogP contribution >= 0.6 is 11.6 Å². The molecule has 0 bridgehead atoms. The number of nitro groups is 1. The van der Waals surface area contributed by atoms with Gasteiger partial charge in [0.1, 0.15) is 5.02 Å². The fraction of sp³-hybridized carbons (Fsp3) is 0.143. The van der Waals surface area contributed by atoms with Gasteiger partial charge in [-0.25, -0.2) is 0 Å². The molecule has 0 amide bonds. The van der Waals surface area contributed by atoms with E-state index in [4.69, 9.17) is 17.3 Å². The normalized spacial score (nSPS) is 9.83. The van der Waals surface area contributed by atoms with Gasteiger partial charge in [0.15, 0.2) is 0 Å². The first-order chi connectivity index (χ1) is 5.52. The van der Waals surface area contributed by atoms with Crippen molar-refractivity contribution in [1.82, 2.24) is 0 Å². The van der Waals surface area contributed by atoms with Gasteiger partial charge in [0.25, 0.3) is 5.69 Å². The third kappa shape index (κ3) is 1.48. The van der Waals surface area contributed by atoms with Crippen molar-refractivity contribution >= 4 is 23.0 Å². The molecule has 4 nitrogen and oxygen atoms in total. The topological polar surface area (TPSA) is 69.2 Å². The SMILES string of the molecule is Cc1cc(N)cc(Cl)c1[N+](=O)[O-]. The van der Waals surface area contributed by atoms with Crippen LogP contribution in [0.5, 0.6) is 0 Å². The molecule has 0 saturated heterocycles.